The number of hydrogen-bond donors (Lipinski definition) is 0. The third-order valence-electron chi connectivity index (χ3n) is 2.93. The molecule has 0 saturated carbocycles. The maximum atomic E-state index is 11.3. The Morgan fingerprint density at radius 3 is 2.33 bits per heavy atom. The van der Waals surface area contributed by atoms with E-state index >= 15 is 0 Å². The van der Waals surface area contributed by atoms with E-state index in [2.05, 4.69) is 4.74 Å². The summed E-state index contributed by atoms with van der Waals surface area (Å²) < 4.78 is 14.9. The number of benzene rings is 1. The highest BCUT2D eigenvalue weighted by Gasteiger charge is 2.30. The highest BCUT2D eigenvalue weighted by atomic mass is 16.6. The van der Waals surface area contributed by atoms with Crippen LogP contribution in [0.2, 0.25) is 0 Å². The van der Waals surface area contributed by atoms with Gasteiger partial charge in [0.2, 0.25) is 0 Å². The number of esters is 2. The Balaban J connectivity index is 2.35. The van der Waals surface area contributed by atoms with E-state index in [0.717, 1.165) is 5.56 Å². The molecule has 96 valence electrons. The first-order chi connectivity index (χ1) is 8.63. The molecule has 0 N–H and O–H groups in total. The smallest absolute Gasteiger partial charge is 0.314 e. The molecular weight excluding hydrogens is 236 g/mol. The minimum Gasteiger partial charge on any atom is -0.497 e. The van der Waals surface area contributed by atoms with Crippen LogP contribution in [-0.2, 0) is 14.3 Å². The van der Waals surface area contributed by atoms with Gasteiger partial charge in [0, 0.05) is 11.5 Å². The highest BCUT2D eigenvalue weighted by molar-refractivity contribution is 5.89. The minimum absolute atomic E-state index is 0.176. The van der Waals surface area contributed by atoms with Crippen molar-refractivity contribution in [2.24, 2.45) is 0 Å². The summed E-state index contributed by atoms with van der Waals surface area (Å²) in [5.74, 6) is 0.0894. The molecule has 0 atom stereocenters. The van der Waals surface area contributed by atoms with Crippen molar-refractivity contribution in [1.29, 1.82) is 0 Å². The second-order valence-electron chi connectivity index (χ2n) is 4.06. The van der Waals surface area contributed by atoms with E-state index in [1.54, 1.807) is 32.4 Å². The van der Waals surface area contributed by atoms with Crippen LogP contribution < -0.4 is 9.47 Å². The van der Waals surface area contributed by atoms with Crippen LogP contribution in [-0.4, -0.2) is 26.2 Å². The Morgan fingerprint density at radius 1 is 1.11 bits per heavy atom. The molecule has 0 aliphatic carbocycles. The lowest BCUT2D eigenvalue weighted by Gasteiger charge is -2.22. The molecule has 1 fully saturated rings. The molecule has 18 heavy (non-hydrogen) atoms. The zero-order valence-electron chi connectivity index (χ0n) is 10.3. The lowest BCUT2D eigenvalue weighted by molar-refractivity contribution is -0.163. The molecule has 1 aromatic rings. The van der Waals surface area contributed by atoms with Gasteiger partial charge in [-0.25, -0.2) is 0 Å². The molecule has 1 saturated heterocycles. The second-order valence-corrected chi connectivity index (χ2v) is 4.06. The predicted octanol–water partition coefficient (Wildman–Crippen LogP) is 1.65. The molecular formula is C13H14O5. The Hall–Kier alpha value is -2.04. The summed E-state index contributed by atoms with van der Waals surface area (Å²) in [5, 5.41) is 0. The number of cyclic esters (lactones) is 2. The monoisotopic (exact) mass is 250 g/mol. The molecule has 1 aromatic carbocycles. The van der Waals surface area contributed by atoms with Gasteiger partial charge in [-0.1, -0.05) is 0 Å². The van der Waals surface area contributed by atoms with Gasteiger partial charge in [0.1, 0.15) is 11.5 Å². The maximum absolute atomic E-state index is 11.3. The highest BCUT2D eigenvalue weighted by Crippen LogP contribution is 2.36. The molecule has 0 amide bonds. The summed E-state index contributed by atoms with van der Waals surface area (Å²) in [6, 6.07) is 5.32. The largest absolute Gasteiger partial charge is 0.497 e. The van der Waals surface area contributed by atoms with E-state index in [9.17, 15) is 9.59 Å². The van der Waals surface area contributed by atoms with Crippen molar-refractivity contribution in [2.75, 3.05) is 14.2 Å². The van der Waals surface area contributed by atoms with Crippen molar-refractivity contribution in [1.82, 2.24) is 0 Å². The van der Waals surface area contributed by atoms with E-state index in [-0.39, 0.29) is 18.8 Å². The van der Waals surface area contributed by atoms with Crippen LogP contribution in [0.3, 0.4) is 0 Å². The average molecular weight is 250 g/mol. The zero-order valence-corrected chi connectivity index (χ0v) is 10.3. The molecule has 0 spiro atoms. The fraction of sp³-hybridized carbons (Fsp3) is 0.385. The molecule has 1 aliphatic rings. The standard InChI is InChI=1S/C13H14O5/c1-16-9-3-4-11(17-2)10(7-9)8-5-12(14)18-13(15)6-8/h3-4,7-8H,5-6H2,1-2H3. The molecule has 0 unspecified atom stereocenters. The quantitative estimate of drug-likeness (QED) is 0.603. The second kappa shape index (κ2) is 5.08. The predicted molar refractivity (Wildman–Crippen MR) is 62.6 cm³/mol. The van der Waals surface area contributed by atoms with Gasteiger partial charge in [-0.3, -0.25) is 9.59 Å². The molecule has 0 aromatic heterocycles. The molecule has 5 nitrogen and oxygen atoms in total. The zero-order chi connectivity index (χ0) is 13.1. The van der Waals surface area contributed by atoms with Crippen LogP contribution in [0.4, 0.5) is 0 Å². The van der Waals surface area contributed by atoms with E-state index < -0.39 is 11.9 Å². The summed E-state index contributed by atoms with van der Waals surface area (Å²) in [4.78, 5) is 22.6. The molecule has 0 radical (unpaired) electrons. The first kappa shape index (κ1) is 12.4. The fourth-order valence-corrected chi connectivity index (χ4v) is 2.06. The van der Waals surface area contributed by atoms with E-state index in [1.807, 2.05) is 0 Å². The van der Waals surface area contributed by atoms with Crippen LogP contribution in [0.25, 0.3) is 0 Å². The number of carbonyl (C=O) groups is 2. The summed E-state index contributed by atoms with van der Waals surface area (Å²) in [6.07, 6.45) is 0.352. The van der Waals surface area contributed by atoms with Crippen LogP contribution >= 0.6 is 0 Å². The van der Waals surface area contributed by atoms with Crippen molar-refractivity contribution < 1.29 is 23.8 Å². The van der Waals surface area contributed by atoms with Crippen molar-refractivity contribution >= 4 is 11.9 Å². The molecule has 0 bridgehead atoms. The SMILES string of the molecule is COc1ccc(OC)c(C2CC(=O)OC(=O)C2)c1. The Labute approximate surface area is 105 Å². The van der Waals surface area contributed by atoms with Crippen molar-refractivity contribution in [2.45, 2.75) is 18.8 Å². The van der Waals surface area contributed by atoms with Gasteiger partial charge in [0.25, 0.3) is 0 Å². The lowest BCUT2D eigenvalue weighted by atomic mass is 9.90. The van der Waals surface area contributed by atoms with Gasteiger partial charge in [-0.05, 0) is 18.2 Å². The van der Waals surface area contributed by atoms with Crippen molar-refractivity contribution in [3.8, 4) is 11.5 Å². The Bertz CT molecular complexity index is 464. The van der Waals surface area contributed by atoms with Gasteiger partial charge in [-0.15, -0.1) is 0 Å². The third kappa shape index (κ3) is 2.45. The third-order valence-corrected chi connectivity index (χ3v) is 2.93. The summed E-state index contributed by atoms with van der Waals surface area (Å²) >= 11 is 0. The lowest BCUT2D eigenvalue weighted by Crippen LogP contribution is -2.24. The Kier molecular flexibility index (Phi) is 3.50. The van der Waals surface area contributed by atoms with Gasteiger partial charge in [-0.2, -0.15) is 0 Å². The van der Waals surface area contributed by atoms with Crippen LogP contribution in [0.1, 0.15) is 24.3 Å². The van der Waals surface area contributed by atoms with Gasteiger partial charge >= 0.3 is 11.9 Å². The van der Waals surface area contributed by atoms with Crippen molar-refractivity contribution in [3.63, 3.8) is 0 Å². The Morgan fingerprint density at radius 2 is 1.78 bits per heavy atom. The van der Waals surface area contributed by atoms with E-state index in [0.29, 0.717) is 11.5 Å². The average Bonchev–Trinajstić information content (AvgIpc) is 2.36. The fourth-order valence-electron chi connectivity index (χ4n) is 2.06. The molecule has 5 heteroatoms. The first-order valence-corrected chi connectivity index (χ1v) is 5.59. The van der Waals surface area contributed by atoms with Gasteiger partial charge < -0.3 is 14.2 Å². The number of hydrogen-bond acceptors (Lipinski definition) is 5. The van der Waals surface area contributed by atoms with Crippen molar-refractivity contribution in [3.05, 3.63) is 23.8 Å². The van der Waals surface area contributed by atoms with E-state index in [1.165, 1.54) is 0 Å². The number of methoxy groups -OCH3 is 2. The van der Waals surface area contributed by atoms with Crippen LogP contribution in [0.5, 0.6) is 11.5 Å². The van der Waals surface area contributed by atoms with Crippen LogP contribution in [0.15, 0.2) is 18.2 Å². The topological polar surface area (TPSA) is 61.8 Å². The van der Waals surface area contributed by atoms with Gasteiger partial charge in [0.15, 0.2) is 0 Å². The first-order valence-electron chi connectivity index (χ1n) is 5.59. The maximum Gasteiger partial charge on any atom is 0.314 e. The number of carbonyl (C=O) groups excluding carboxylic acids is 2. The molecule has 1 heterocycles. The molecule has 1 aliphatic heterocycles. The summed E-state index contributed by atoms with van der Waals surface area (Å²) in [5.41, 5.74) is 0.793. The normalized spacial score (nSPS) is 16.3. The summed E-state index contributed by atoms with van der Waals surface area (Å²) in [6.45, 7) is 0. The van der Waals surface area contributed by atoms with Gasteiger partial charge in [0.05, 0.1) is 27.1 Å². The number of rotatable bonds is 3. The number of ether oxygens (including phenoxy) is 3. The van der Waals surface area contributed by atoms with Crippen LogP contribution in [0, 0.1) is 0 Å². The minimum atomic E-state index is -0.499. The summed E-state index contributed by atoms with van der Waals surface area (Å²) in [7, 11) is 3.11. The molecule has 2 rings (SSSR count). The van der Waals surface area contributed by atoms with E-state index in [4.69, 9.17) is 9.47 Å².